The predicted octanol–water partition coefficient (Wildman–Crippen LogP) is 18.4. The van der Waals surface area contributed by atoms with Gasteiger partial charge in [-0.05, 0) is 194 Å². The van der Waals surface area contributed by atoms with Crippen LogP contribution < -0.4 is 43.8 Å². The van der Waals surface area contributed by atoms with Crippen LogP contribution in [0.3, 0.4) is 0 Å². The van der Waals surface area contributed by atoms with E-state index in [1.807, 2.05) is 139 Å². The minimum atomic E-state index is -4.77. The molecule has 10 aliphatic rings. The molecule has 42 heteroatoms. The number of carbonyl (C=O) groups is 9. The molecule has 0 unspecified atom stereocenters. The van der Waals surface area contributed by atoms with E-state index < -0.39 is 123 Å². The monoisotopic (exact) mass is 2050 g/mol. The smallest absolute Gasteiger partial charge is 0.418 e. The first-order chi connectivity index (χ1) is 67.6. The average Bonchev–Trinajstić information content (AvgIpc) is 1.04. The highest BCUT2D eigenvalue weighted by Gasteiger charge is 2.50. The van der Waals surface area contributed by atoms with E-state index in [2.05, 4.69) is 41.4 Å². The first-order valence-corrected chi connectivity index (χ1v) is 49.6. The molecule has 772 valence electrons. The van der Waals surface area contributed by atoms with Crippen LogP contribution in [0.15, 0.2) is 128 Å². The van der Waals surface area contributed by atoms with Crippen molar-refractivity contribution in [3.63, 3.8) is 0 Å². The number of rotatable bonds is 15. The Morgan fingerprint density at radius 1 is 0.437 bits per heavy atom. The Morgan fingerprint density at radius 3 is 1.10 bits per heavy atom. The summed E-state index contributed by atoms with van der Waals surface area (Å²) in [6.45, 7) is 18.1. The number of benzene rings is 6. The summed E-state index contributed by atoms with van der Waals surface area (Å²) in [4.78, 5) is 137. The van der Waals surface area contributed by atoms with Gasteiger partial charge in [0, 0.05) is 168 Å². The van der Waals surface area contributed by atoms with Crippen LogP contribution in [0.4, 0.5) is 97.6 Å². The lowest BCUT2D eigenvalue weighted by molar-refractivity contribution is -0.143. The highest BCUT2D eigenvalue weighted by atomic mass is 35.5. The number of aromatic nitrogens is 2. The van der Waals surface area contributed by atoms with Gasteiger partial charge in [0.2, 0.25) is 5.91 Å². The molecule has 3 atom stereocenters. The van der Waals surface area contributed by atoms with Gasteiger partial charge in [-0.25, -0.2) is 29.0 Å². The Morgan fingerprint density at radius 2 is 0.761 bits per heavy atom. The number of nitrogen functional groups attached to an aromatic ring is 3. The van der Waals surface area contributed by atoms with Gasteiger partial charge in [-0.2, -0.15) is 39.5 Å². The van der Waals surface area contributed by atoms with E-state index in [4.69, 9.17) is 66.2 Å². The Bertz CT molecular complexity index is 5590. The van der Waals surface area contributed by atoms with Gasteiger partial charge < -0.3 is 102 Å². The minimum absolute atomic E-state index is 0.0633. The van der Waals surface area contributed by atoms with Gasteiger partial charge in [0.05, 0.1) is 66.2 Å². The molecular formula is C100H126Cl3F9N18O12. The highest BCUT2D eigenvalue weighted by Crippen LogP contribution is 2.48. The van der Waals surface area contributed by atoms with Crippen LogP contribution in [0.1, 0.15) is 194 Å². The molecule has 10 aliphatic heterocycles. The second-order valence-electron chi connectivity index (χ2n) is 36.7. The van der Waals surface area contributed by atoms with Crippen LogP contribution >= 0.6 is 34.8 Å². The zero-order chi connectivity index (χ0) is 103. The molecule has 0 bridgehead atoms. The zero-order valence-electron chi connectivity index (χ0n) is 80.9. The van der Waals surface area contributed by atoms with Gasteiger partial charge in [0.25, 0.3) is 17.7 Å². The number of halogens is 12. The van der Waals surface area contributed by atoms with E-state index in [-0.39, 0.29) is 120 Å². The van der Waals surface area contributed by atoms with Gasteiger partial charge in [-0.1, -0.05) is 131 Å². The number of para-hydroxylation sites is 3. The molecule has 3 spiro atoms. The molecule has 7 saturated heterocycles. The average molecular weight is 2050 g/mol. The Labute approximate surface area is 835 Å². The van der Waals surface area contributed by atoms with Crippen molar-refractivity contribution in [2.75, 3.05) is 139 Å². The standard InChI is InChI=1S/C32H38ClF3N6O4.C32H34ClF3N6O4.C30H36ClF3N6O4.3C2H6/c33-24-18-20(17-23(27(24)37)32(34,35)36)19-26(28(43)41-13-7-21(8-14-41)40-11-3-4-12-40)46-30(45)42-15-9-31(10-16-42)22-5-1-2-6-25(22)38-29(44)39-31;33-24-16-20(15-23(28(24)37)32(34,35)36)17-26(29(44)40-10-5-21(6-11-40)42-14-9-38-19-42)46-30(45)41-12-7-31(8-13-41)18-27(43)39-25-4-2-1-3-22(25)31;1-38(2)19-7-11-39(12-8-19)26(41)24(17-18-15-21(30(32,33)34)25(35)22(31)16-18)44-28(43)40-13-9-29(10-14-40)20-5-3-4-6-23(20)36-27(42)37-29;3*1-2/h1-2,5-6,17-18,21,26H,3-4,7-16,19,37H2,(H2,38,39,44);1-4,9,14-16,19,21,26H,5-8,10-13,17-18,37H2,(H,39,43);3-6,15-16,19,24H,7-14,17,35H2,1-2H3,(H2,36,37,42);3*1-2H3/t2*26-;24-;;;/m111.../s1. The van der Waals surface area contributed by atoms with Crippen molar-refractivity contribution in [2.45, 2.75) is 229 Å². The number of amides is 11. The van der Waals surface area contributed by atoms with Crippen molar-refractivity contribution in [1.82, 2.24) is 59.4 Å². The van der Waals surface area contributed by atoms with E-state index in [0.29, 0.717) is 127 Å². The first kappa shape index (κ1) is 109. The molecule has 6 aromatic carbocycles. The van der Waals surface area contributed by atoms with Gasteiger partial charge in [0.1, 0.15) is 0 Å². The molecule has 11 N–H and O–H groups in total. The Kier molecular flexibility index (Phi) is 36.3. The number of urea groups is 2. The normalized spacial score (nSPS) is 19.1. The van der Waals surface area contributed by atoms with Crippen LogP contribution in [-0.2, 0) is 87.7 Å². The Balaban J connectivity index is 0.000000185. The van der Waals surface area contributed by atoms with E-state index in [1.165, 1.54) is 32.9 Å². The molecule has 30 nitrogen and oxygen atoms in total. The quantitative estimate of drug-likeness (QED) is 0.0268. The molecule has 1 aromatic heterocycles. The fourth-order valence-corrected chi connectivity index (χ4v) is 21.3. The third kappa shape index (κ3) is 25.7. The molecule has 0 radical (unpaired) electrons. The van der Waals surface area contributed by atoms with Crippen molar-refractivity contribution in [1.29, 1.82) is 0 Å². The molecule has 17 rings (SSSR count). The number of piperidine rings is 6. The Hall–Kier alpha value is -11.7. The van der Waals surface area contributed by atoms with Crippen LogP contribution in [0, 0.1) is 0 Å². The molecular weight excluding hydrogens is 1920 g/mol. The summed E-state index contributed by atoms with van der Waals surface area (Å²) < 4.78 is 143. The second kappa shape index (κ2) is 47.2. The van der Waals surface area contributed by atoms with Crippen molar-refractivity contribution >= 4 is 123 Å². The van der Waals surface area contributed by atoms with Gasteiger partial charge in [-0.15, -0.1) is 0 Å². The number of ether oxygens (including phenoxy) is 3. The summed E-state index contributed by atoms with van der Waals surface area (Å²) in [5.41, 5.74) is 15.2. The third-order valence-corrected chi connectivity index (χ3v) is 29.0. The van der Waals surface area contributed by atoms with Gasteiger partial charge >= 0.3 is 48.9 Å². The summed E-state index contributed by atoms with van der Waals surface area (Å²) in [6.07, 6.45) is -6.83. The lowest BCUT2D eigenvalue weighted by Crippen LogP contribution is -2.58. The molecule has 7 aromatic rings. The number of hydrogen-bond donors (Lipinski definition) is 8. The number of likely N-dealkylation sites (tertiary alicyclic amines) is 7. The molecule has 142 heavy (non-hydrogen) atoms. The SMILES string of the molecule is CC.CC.CC.CN(C)C1CCN(C(=O)[C@@H](Cc2cc(Cl)c(N)c(C(F)(F)F)c2)OC(=O)N2CCC3(CC2)NC(=O)Nc2ccccc23)CC1.Nc1c(Cl)cc(C[C@@H](OC(=O)N2CCC3(CC2)CC(=O)Nc2ccccc23)C(=O)N2CCC(n3ccnc3)CC2)cc1C(F)(F)F.Nc1c(Cl)cc(C[C@@H](OC(=O)N2CCC3(CC2)NC(=O)Nc2ccccc23)C(=O)N2CCC(N3CCCC3)CC2)cc1C(F)(F)F. The number of imidazole rings is 1. The van der Waals surface area contributed by atoms with Crippen molar-refractivity contribution in [2.24, 2.45) is 0 Å². The number of anilines is 6. The van der Waals surface area contributed by atoms with Crippen LogP contribution in [0.25, 0.3) is 0 Å². The van der Waals surface area contributed by atoms with Crippen LogP contribution in [0.5, 0.6) is 0 Å². The van der Waals surface area contributed by atoms with Crippen molar-refractivity contribution in [3.05, 3.63) is 193 Å². The maximum atomic E-state index is 13.9. The molecule has 11 amide bonds. The van der Waals surface area contributed by atoms with Crippen LogP contribution in [0.2, 0.25) is 15.1 Å². The fourth-order valence-electron chi connectivity index (χ4n) is 20.5. The number of nitrogens with one attached hydrogen (secondary N) is 5. The van der Waals surface area contributed by atoms with Crippen molar-refractivity contribution in [3.8, 4) is 0 Å². The highest BCUT2D eigenvalue weighted by molar-refractivity contribution is 6.34. The maximum absolute atomic E-state index is 13.9. The lowest BCUT2D eigenvalue weighted by atomic mass is 9.68. The van der Waals surface area contributed by atoms with Crippen molar-refractivity contribution < 1.29 is 96.9 Å². The number of hydrogen-bond acceptors (Lipinski definition) is 18. The van der Waals surface area contributed by atoms with Gasteiger partial charge in [-0.3, -0.25) is 19.2 Å². The summed E-state index contributed by atoms with van der Waals surface area (Å²) in [6, 6.07) is 29.1. The summed E-state index contributed by atoms with van der Waals surface area (Å²) in [5.74, 6) is -1.52. The van der Waals surface area contributed by atoms with E-state index in [0.717, 1.165) is 79.3 Å². The van der Waals surface area contributed by atoms with E-state index >= 15 is 0 Å². The summed E-state index contributed by atoms with van der Waals surface area (Å²) in [5, 5.41) is 13.7. The topological polar surface area (TPSA) is 363 Å². The summed E-state index contributed by atoms with van der Waals surface area (Å²) in [7, 11) is 3.93. The fraction of sp³-hybridized carbons (Fsp3) is 0.520. The second-order valence-corrected chi connectivity index (χ2v) is 37.9. The first-order valence-electron chi connectivity index (χ1n) is 48.5. The molecule has 0 saturated carbocycles. The number of carbonyl (C=O) groups excluding carboxylic acids is 9. The largest absolute Gasteiger partial charge is 0.436 e. The third-order valence-electron chi connectivity index (χ3n) is 28.1. The minimum Gasteiger partial charge on any atom is -0.436 e. The predicted molar refractivity (Wildman–Crippen MR) is 524 cm³/mol. The molecule has 11 heterocycles. The van der Waals surface area contributed by atoms with E-state index in [1.54, 1.807) is 27.2 Å². The number of fused-ring (bicyclic) bond motifs is 6. The number of alkyl halides is 9. The lowest BCUT2D eigenvalue weighted by Gasteiger charge is -2.45. The molecule has 7 fully saturated rings. The van der Waals surface area contributed by atoms with Crippen LogP contribution in [-0.4, -0.2) is 239 Å². The summed E-state index contributed by atoms with van der Waals surface area (Å²) >= 11 is 18.2. The molecule has 0 aliphatic carbocycles. The number of nitrogens with zero attached hydrogens (tertiary/aromatic N) is 10. The number of nitrogens with two attached hydrogens (primary N) is 3. The maximum Gasteiger partial charge on any atom is 0.418 e. The van der Waals surface area contributed by atoms with Gasteiger partial charge in [0.15, 0.2) is 18.3 Å². The van der Waals surface area contributed by atoms with E-state index in [9.17, 15) is 82.7 Å². The zero-order valence-corrected chi connectivity index (χ0v) is 83.1.